The lowest BCUT2D eigenvalue weighted by atomic mass is 10.1. The molecule has 0 radical (unpaired) electrons. The first kappa shape index (κ1) is 14.3. The van der Waals surface area contributed by atoms with Crippen molar-refractivity contribution in [1.82, 2.24) is 4.98 Å². The van der Waals surface area contributed by atoms with Crippen LogP contribution in [0.5, 0.6) is 0 Å². The SMILES string of the molecule is CC(C)CCN(C)c1nc2c(cc1C(N)=S)CCC2. The molecule has 2 rings (SSSR count). The average molecular weight is 277 g/mol. The number of anilines is 1. The minimum Gasteiger partial charge on any atom is -0.389 e. The summed E-state index contributed by atoms with van der Waals surface area (Å²) in [6.45, 7) is 5.45. The Bertz CT molecular complexity index is 483. The fourth-order valence-electron chi connectivity index (χ4n) is 2.49. The first-order chi connectivity index (χ1) is 8.99. The topological polar surface area (TPSA) is 42.2 Å². The van der Waals surface area contributed by atoms with Crippen LogP contribution in [0, 0.1) is 5.92 Å². The number of fused-ring (bicyclic) bond motifs is 1. The lowest BCUT2D eigenvalue weighted by molar-refractivity contribution is 0.583. The Morgan fingerprint density at radius 3 is 2.84 bits per heavy atom. The highest BCUT2D eigenvalue weighted by Gasteiger charge is 2.19. The average Bonchev–Trinajstić information content (AvgIpc) is 2.81. The molecule has 19 heavy (non-hydrogen) atoms. The van der Waals surface area contributed by atoms with Crippen molar-refractivity contribution in [3.05, 3.63) is 22.9 Å². The van der Waals surface area contributed by atoms with Crippen LogP contribution in [0.2, 0.25) is 0 Å². The standard InChI is InChI=1S/C15H23N3S/c1-10(2)7-8-18(3)15-12(14(16)19)9-11-5-4-6-13(11)17-15/h9-10H,4-8H2,1-3H3,(H2,16,19). The minimum absolute atomic E-state index is 0.452. The molecule has 3 nitrogen and oxygen atoms in total. The largest absolute Gasteiger partial charge is 0.389 e. The second-order valence-electron chi connectivity index (χ2n) is 5.79. The molecule has 0 bridgehead atoms. The van der Waals surface area contributed by atoms with Gasteiger partial charge in [0.05, 0.1) is 5.56 Å². The number of hydrogen-bond donors (Lipinski definition) is 1. The summed E-state index contributed by atoms with van der Waals surface area (Å²) in [5.74, 6) is 1.64. The second kappa shape index (κ2) is 5.87. The van der Waals surface area contributed by atoms with E-state index in [2.05, 4.69) is 31.9 Å². The molecule has 0 saturated heterocycles. The van der Waals surface area contributed by atoms with Crippen LogP contribution in [0.15, 0.2) is 6.07 Å². The van der Waals surface area contributed by atoms with Crippen LogP contribution < -0.4 is 10.6 Å². The number of nitrogens with zero attached hydrogens (tertiary/aromatic N) is 2. The molecular formula is C15H23N3S. The van der Waals surface area contributed by atoms with Gasteiger partial charge in [0.15, 0.2) is 0 Å². The number of thiocarbonyl (C=S) groups is 1. The van der Waals surface area contributed by atoms with E-state index in [0.29, 0.717) is 10.9 Å². The van der Waals surface area contributed by atoms with Crippen molar-refractivity contribution >= 4 is 23.0 Å². The Hall–Kier alpha value is -1.16. The fourth-order valence-corrected chi connectivity index (χ4v) is 2.64. The highest BCUT2D eigenvalue weighted by molar-refractivity contribution is 7.80. The Balaban J connectivity index is 2.29. The fraction of sp³-hybridized carbons (Fsp3) is 0.600. The van der Waals surface area contributed by atoms with Crippen molar-refractivity contribution in [3.63, 3.8) is 0 Å². The zero-order valence-corrected chi connectivity index (χ0v) is 12.9. The monoisotopic (exact) mass is 277 g/mol. The lowest BCUT2D eigenvalue weighted by Crippen LogP contribution is -2.25. The van der Waals surface area contributed by atoms with Gasteiger partial charge in [0.2, 0.25) is 0 Å². The molecular weight excluding hydrogens is 254 g/mol. The van der Waals surface area contributed by atoms with Crippen LogP contribution in [-0.2, 0) is 12.8 Å². The van der Waals surface area contributed by atoms with Crippen molar-refractivity contribution in [2.75, 3.05) is 18.5 Å². The first-order valence-electron chi connectivity index (χ1n) is 7.02. The molecule has 0 aromatic carbocycles. The van der Waals surface area contributed by atoms with Gasteiger partial charge < -0.3 is 10.6 Å². The maximum absolute atomic E-state index is 5.87. The van der Waals surface area contributed by atoms with Gasteiger partial charge in [0.1, 0.15) is 10.8 Å². The molecule has 104 valence electrons. The molecule has 1 aliphatic carbocycles. The lowest BCUT2D eigenvalue weighted by Gasteiger charge is -2.23. The van der Waals surface area contributed by atoms with E-state index in [-0.39, 0.29) is 0 Å². The van der Waals surface area contributed by atoms with E-state index in [9.17, 15) is 0 Å². The Labute approximate surface area is 121 Å². The van der Waals surface area contributed by atoms with Gasteiger partial charge in [0, 0.05) is 19.3 Å². The van der Waals surface area contributed by atoms with Gasteiger partial charge in [-0.05, 0) is 43.2 Å². The third kappa shape index (κ3) is 3.24. The van der Waals surface area contributed by atoms with Crippen LogP contribution in [0.1, 0.15) is 43.5 Å². The van der Waals surface area contributed by atoms with Gasteiger partial charge in [-0.3, -0.25) is 0 Å². The van der Waals surface area contributed by atoms with Crippen LogP contribution in [-0.4, -0.2) is 23.6 Å². The second-order valence-corrected chi connectivity index (χ2v) is 6.23. The molecule has 4 heteroatoms. The van der Waals surface area contributed by atoms with Gasteiger partial charge in [-0.25, -0.2) is 4.98 Å². The van der Waals surface area contributed by atoms with Gasteiger partial charge in [0.25, 0.3) is 0 Å². The van der Waals surface area contributed by atoms with Crippen LogP contribution in [0.4, 0.5) is 5.82 Å². The molecule has 0 atom stereocenters. The molecule has 1 heterocycles. The summed E-state index contributed by atoms with van der Waals surface area (Å²) in [5.41, 5.74) is 9.35. The van der Waals surface area contributed by atoms with Crippen molar-refractivity contribution in [3.8, 4) is 0 Å². The summed E-state index contributed by atoms with van der Waals surface area (Å²) in [6.07, 6.45) is 4.52. The molecule has 1 aliphatic rings. The van der Waals surface area contributed by atoms with Crippen LogP contribution in [0.25, 0.3) is 0 Å². The van der Waals surface area contributed by atoms with Crippen LogP contribution >= 0.6 is 12.2 Å². The predicted molar refractivity (Wildman–Crippen MR) is 84.9 cm³/mol. The third-order valence-corrected chi connectivity index (χ3v) is 3.92. The van der Waals surface area contributed by atoms with Crippen molar-refractivity contribution in [2.45, 2.75) is 39.5 Å². The summed E-state index contributed by atoms with van der Waals surface area (Å²) >= 11 is 5.19. The van der Waals surface area contributed by atoms with Gasteiger partial charge in [-0.15, -0.1) is 0 Å². The summed E-state index contributed by atoms with van der Waals surface area (Å²) in [7, 11) is 2.08. The zero-order valence-electron chi connectivity index (χ0n) is 12.1. The molecule has 0 amide bonds. The molecule has 2 N–H and O–H groups in total. The molecule has 1 aromatic rings. The van der Waals surface area contributed by atoms with Gasteiger partial charge in [-0.2, -0.15) is 0 Å². The van der Waals surface area contributed by atoms with Gasteiger partial charge in [-0.1, -0.05) is 26.1 Å². The smallest absolute Gasteiger partial charge is 0.138 e. The van der Waals surface area contributed by atoms with Crippen molar-refractivity contribution < 1.29 is 0 Å². The summed E-state index contributed by atoms with van der Waals surface area (Å²) < 4.78 is 0. The molecule has 0 aliphatic heterocycles. The van der Waals surface area contributed by atoms with Gasteiger partial charge >= 0.3 is 0 Å². The molecule has 0 saturated carbocycles. The van der Waals surface area contributed by atoms with Crippen LogP contribution in [0.3, 0.4) is 0 Å². The third-order valence-electron chi connectivity index (χ3n) is 3.70. The number of hydrogen-bond acceptors (Lipinski definition) is 3. The number of nitrogens with two attached hydrogens (primary N) is 1. The Kier molecular flexibility index (Phi) is 4.40. The predicted octanol–water partition coefficient (Wildman–Crippen LogP) is 2.69. The summed E-state index contributed by atoms with van der Waals surface area (Å²) in [4.78, 5) is 7.45. The Morgan fingerprint density at radius 2 is 2.21 bits per heavy atom. The maximum Gasteiger partial charge on any atom is 0.138 e. The Morgan fingerprint density at radius 1 is 1.47 bits per heavy atom. The highest BCUT2D eigenvalue weighted by Crippen LogP contribution is 2.27. The molecule has 0 spiro atoms. The van der Waals surface area contributed by atoms with Crippen molar-refractivity contribution in [1.29, 1.82) is 0 Å². The number of aromatic nitrogens is 1. The molecule has 0 fully saturated rings. The van der Waals surface area contributed by atoms with Crippen molar-refractivity contribution in [2.24, 2.45) is 11.7 Å². The molecule has 0 unspecified atom stereocenters. The number of pyridine rings is 1. The van der Waals surface area contributed by atoms with E-state index in [1.54, 1.807) is 0 Å². The quantitative estimate of drug-likeness (QED) is 0.840. The number of aryl methyl sites for hydroxylation is 2. The van der Waals surface area contributed by atoms with E-state index in [0.717, 1.165) is 37.2 Å². The minimum atomic E-state index is 0.452. The van der Waals surface area contributed by atoms with E-state index in [4.69, 9.17) is 22.9 Å². The maximum atomic E-state index is 5.87. The van der Waals surface area contributed by atoms with E-state index in [1.807, 2.05) is 0 Å². The summed E-state index contributed by atoms with van der Waals surface area (Å²) in [5, 5.41) is 0. The zero-order chi connectivity index (χ0) is 14.0. The number of rotatable bonds is 5. The first-order valence-corrected chi connectivity index (χ1v) is 7.43. The highest BCUT2D eigenvalue weighted by atomic mass is 32.1. The summed E-state index contributed by atoms with van der Waals surface area (Å²) in [6, 6.07) is 2.15. The normalized spacial score (nSPS) is 13.7. The van der Waals surface area contributed by atoms with E-state index >= 15 is 0 Å². The van der Waals surface area contributed by atoms with E-state index in [1.165, 1.54) is 17.7 Å². The molecule has 1 aromatic heterocycles. The van der Waals surface area contributed by atoms with E-state index < -0.39 is 0 Å².